The number of nitrogens with zero attached hydrogens (tertiary/aromatic N) is 2. The molecule has 0 amide bonds. The minimum absolute atomic E-state index is 0.00526. The van der Waals surface area contributed by atoms with Gasteiger partial charge in [0.05, 0.1) is 6.54 Å². The minimum atomic E-state index is 0.00526. The average molecular weight is 338 g/mol. The molecular weight excluding hydrogens is 308 g/mol. The highest BCUT2D eigenvalue weighted by molar-refractivity contribution is 5.79. The van der Waals surface area contributed by atoms with Crippen molar-refractivity contribution in [1.82, 2.24) is 15.6 Å². The Kier molecular flexibility index (Phi) is 6.99. The third-order valence-corrected chi connectivity index (χ3v) is 4.36. The van der Waals surface area contributed by atoms with Gasteiger partial charge in [-0.3, -0.25) is 9.98 Å². The summed E-state index contributed by atoms with van der Waals surface area (Å²) in [6, 6.07) is 12.6. The number of aryl methyl sites for hydroxylation is 1. The van der Waals surface area contributed by atoms with Crippen LogP contribution in [0.5, 0.6) is 0 Å². The highest BCUT2D eigenvalue weighted by atomic mass is 15.2. The molecule has 0 unspecified atom stereocenters. The third-order valence-electron chi connectivity index (χ3n) is 4.36. The first kappa shape index (κ1) is 19.0. The van der Waals surface area contributed by atoms with E-state index in [1.165, 1.54) is 16.7 Å². The molecule has 4 nitrogen and oxygen atoms in total. The van der Waals surface area contributed by atoms with Crippen molar-refractivity contribution < 1.29 is 0 Å². The standard InChI is InChI=1S/C21H30N4/c1-5-23-20(24-14-12-18-11-13-22-15-17(18)2)25-16-21(3,4)19-9-7-6-8-10-19/h6-11,13,15H,5,12,14,16H2,1-4H3,(H2,23,24,25). The maximum Gasteiger partial charge on any atom is 0.191 e. The highest BCUT2D eigenvalue weighted by Gasteiger charge is 2.19. The molecule has 0 saturated carbocycles. The summed E-state index contributed by atoms with van der Waals surface area (Å²) in [5, 5.41) is 6.77. The molecule has 1 heterocycles. The van der Waals surface area contributed by atoms with E-state index in [1.54, 1.807) is 0 Å². The van der Waals surface area contributed by atoms with Crippen molar-refractivity contribution >= 4 is 5.96 Å². The smallest absolute Gasteiger partial charge is 0.191 e. The molecule has 0 fully saturated rings. The fourth-order valence-corrected chi connectivity index (χ4v) is 2.70. The van der Waals surface area contributed by atoms with Gasteiger partial charge in [-0.25, -0.2) is 0 Å². The van der Waals surface area contributed by atoms with Crippen molar-refractivity contribution in [1.29, 1.82) is 0 Å². The molecule has 2 N–H and O–H groups in total. The Morgan fingerprint density at radius 1 is 1.12 bits per heavy atom. The largest absolute Gasteiger partial charge is 0.357 e. The number of hydrogen-bond acceptors (Lipinski definition) is 2. The lowest BCUT2D eigenvalue weighted by Gasteiger charge is -2.24. The van der Waals surface area contributed by atoms with Gasteiger partial charge in [-0.2, -0.15) is 0 Å². The van der Waals surface area contributed by atoms with E-state index in [0.29, 0.717) is 0 Å². The number of nitrogens with one attached hydrogen (secondary N) is 2. The van der Waals surface area contributed by atoms with Crippen molar-refractivity contribution in [3.05, 3.63) is 65.5 Å². The van der Waals surface area contributed by atoms with Crippen LogP contribution >= 0.6 is 0 Å². The fraction of sp³-hybridized carbons (Fsp3) is 0.429. The van der Waals surface area contributed by atoms with Crippen LogP contribution in [0.15, 0.2) is 53.8 Å². The molecule has 0 saturated heterocycles. The number of aromatic nitrogens is 1. The van der Waals surface area contributed by atoms with Crippen LogP contribution in [-0.4, -0.2) is 30.6 Å². The lowest BCUT2D eigenvalue weighted by atomic mass is 9.85. The van der Waals surface area contributed by atoms with Crippen molar-refractivity contribution in [2.24, 2.45) is 4.99 Å². The first-order valence-corrected chi connectivity index (χ1v) is 9.00. The van der Waals surface area contributed by atoms with E-state index in [2.05, 4.69) is 79.7 Å². The van der Waals surface area contributed by atoms with E-state index in [9.17, 15) is 0 Å². The number of benzene rings is 1. The molecule has 0 aliphatic heterocycles. The highest BCUT2D eigenvalue weighted by Crippen LogP contribution is 2.22. The quantitative estimate of drug-likeness (QED) is 0.600. The molecular formula is C21H30N4. The average Bonchev–Trinajstić information content (AvgIpc) is 2.62. The zero-order valence-electron chi connectivity index (χ0n) is 15.8. The molecule has 1 aromatic heterocycles. The second kappa shape index (κ2) is 9.21. The lowest BCUT2D eigenvalue weighted by Crippen LogP contribution is -2.39. The SMILES string of the molecule is CCNC(=NCC(C)(C)c1ccccc1)NCCc1ccncc1C. The van der Waals surface area contributed by atoms with Crippen molar-refractivity contribution in [3.8, 4) is 0 Å². The Labute approximate surface area is 151 Å². The summed E-state index contributed by atoms with van der Waals surface area (Å²) in [6.45, 7) is 11.1. The first-order chi connectivity index (χ1) is 12.0. The molecule has 0 aliphatic carbocycles. The molecule has 134 valence electrons. The Hall–Kier alpha value is -2.36. The predicted octanol–water partition coefficient (Wildman–Crippen LogP) is 3.47. The van der Waals surface area contributed by atoms with Crippen LogP contribution < -0.4 is 10.6 Å². The van der Waals surface area contributed by atoms with Gasteiger partial charge in [0.1, 0.15) is 0 Å². The molecule has 25 heavy (non-hydrogen) atoms. The van der Waals surface area contributed by atoms with Gasteiger partial charge in [-0.15, -0.1) is 0 Å². The van der Waals surface area contributed by atoms with Crippen LogP contribution in [0.25, 0.3) is 0 Å². The maximum atomic E-state index is 4.80. The summed E-state index contributed by atoms with van der Waals surface area (Å²) < 4.78 is 0. The summed E-state index contributed by atoms with van der Waals surface area (Å²) in [7, 11) is 0. The number of hydrogen-bond donors (Lipinski definition) is 2. The van der Waals surface area contributed by atoms with E-state index in [1.807, 2.05) is 12.4 Å². The molecule has 1 aromatic carbocycles. The van der Waals surface area contributed by atoms with E-state index in [-0.39, 0.29) is 5.41 Å². The van der Waals surface area contributed by atoms with E-state index in [4.69, 9.17) is 4.99 Å². The zero-order chi connectivity index (χ0) is 18.1. The van der Waals surface area contributed by atoms with Crippen molar-refractivity contribution in [2.45, 2.75) is 39.5 Å². The van der Waals surface area contributed by atoms with Crippen molar-refractivity contribution in [3.63, 3.8) is 0 Å². The van der Waals surface area contributed by atoms with Crippen LogP contribution in [-0.2, 0) is 11.8 Å². The van der Waals surface area contributed by atoms with E-state index in [0.717, 1.165) is 32.0 Å². The second-order valence-corrected chi connectivity index (χ2v) is 6.92. The number of guanidine groups is 1. The van der Waals surface area contributed by atoms with Crippen LogP contribution in [0.1, 0.15) is 37.5 Å². The molecule has 2 rings (SSSR count). The van der Waals surface area contributed by atoms with Gasteiger partial charge in [0.2, 0.25) is 0 Å². The van der Waals surface area contributed by atoms with Gasteiger partial charge >= 0.3 is 0 Å². The van der Waals surface area contributed by atoms with Crippen LogP contribution in [0, 0.1) is 6.92 Å². The topological polar surface area (TPSA) is 49.3 Å². The lowest BCUT2D eigenvalue weighted by molar-refractivity contribution is 0.537. The van der Waals surface area contributed by atoms with Gasteiger partial charge in [-0.05, 0) is 43.0 Å². The summed E-state index contributed by atoms with van der Waals surface area (Å²) in [5.74, 6) is 0.873. The monoisotopic (exact) mass is 338 g/mol. The zero-order valence-corrected chi connectivity index (χ0v) is 15.8. The number of pyridine rings is 1. The molecule has 0 spiro atoms. The van der Waals surface area contributed by atoms with Gasteiger partial charge in [0, 0.05) is 30.9 Å². The molecule has 0 bridgehead atoms. The predicted molar refractivity (Wildman–Crippen MR) is 106 cm³/mol. The molecule has 0 atom stereocenters. The second-order valence-electron chi connectivity index (χ2n) is 6.92. The van der Waals surface area contributed by atoms with Crippen LogP contribution in [0.3, 0.4) is 0 Å². The van der Waals surface area contributed by atoms with Crippen molar-refractivity contribution in [2.75, 3.05) is 19.6 Å². The fourth-order valence-electron chi connectivity index (χ4n) is 2.70. The summed E-state index contributed by atoms with van der Waals surface area (Å²) in [5.41, 5.74) is 3.87. The third kappa shape index (κ3) is 5.89. The summed E-state index contributed by atoms with van der Waals surface area (Å²) >= 11 is 0. The first-order valence-electron chi connectivity index (χ1n) is 9.00. The summed E-state index contributed by atoms with van der Waals surface area (Å²) in [6.07, 6.45) is 4.72. The van der Waals surface area contributed by atoms with Gasteiger partial charge < -0.3 is 10.6 Å². The van der Waals surface area contributed by atoms with Crippen LogP contribution in [0.2, 0.25) is 0 Å². The molecule has 4 heteroatoms. The van der Waals surface area contributed by atoms with Gasteiger partial charge in [-0.1, -0.05) is 44.2 Å². The Balaban J connectivity index is 1.95. The van der Waals surface area contributed by atoms with Gasteiger partial charge in [0.25, 0.3) is 0 Å². The number of aliphatic imine (C=N–C) groups is 1. The van der Waals surface area contributed by atoms with Crippen LogP contribution in [0.4, 0.5) is 0 Å². The maximum absolute atomic E-state index is 4.80. The molecule has 2 aromatic rings. The number of rotatable bonds is 7. The summed E-state index contributed by atoms with van der Waals surface area (Å²) in [4.78, 5) is 8.94. The Bertz CT molecular complexity index is 677. The Morgan fingerprint density at radius 3 is 2.56 bits per heavy atom. The molecule has 0 aliphatic rings. The normalized spacial score (nSPS) is 12.1. The van der Waals surface area contributed by atoms with E-state index < -0.39 is 0 Å². The molecule has 0 radical (unpaired) electrons. The minimum Gasteiger partial charge on any atom is -0.357 e. The van der Waals surface area contributed by atoms with Gasteiger partial charge in [0.15, 0.2) is 5.96 Å². The Morgan fingerprint density at radius 2 is 1.88 bits per heavy atom. The van der Waals surface area contributed by atoms with E-state index >= 15 is 0 Å².